The lowest BCUT2D eigenvalue weighted by Crippen LogP contribution is -2.27. The molecule has 0 aliphatic rings. The van der Waals surface area contributed by atoms with Crippen LogP contribution in [0.5, 0.6) is 11.5 Å². The summed E-state index contributed by atoms with van der Waals surface area (Å²) in [6.07, 6.45) is 1.05. The van der Waals surface area contributed by atoms with Crippen LogP contribution in [0.3, 0.4) is 0 Å². The van der Waals surface area contributed by atoms with E-state index in [0.29, 0.717) is 30.2 Å². The van der Waals surface area contributed by atoms with E-state index in [4.69, 9.17) is 21.1 Å². The van der Waals surface area contributed by atoms with Gasteiger partial charge in [0.05, 0.1) is 6.61 Å². The highest BCUT2D eigenvalue weighted by atomic mass is 35.5. The fourth-order valence-corrected chi connectivity index (χ4v) is 2.29. The number of hydrogen-bond donors (Lipinski definition) is 1. The van der Waals surface area contributed by atoms with Gasteiger partial charge in [0.25, 0.3) is 0 Å². The lowest BCUT2D eigenvalue weighted by molar-refractivity contribution is -0.145. The highest BCUT2D eigenvalue weighted by Gasteiger charge is 2.18. The molecule has 0 aliphatic heterocycles. The number of rotatable bonds is 9. The molecule has 128 valence electrons. The lowest BCUT2D eigenvalue weighted by Gasteiger charge is -2.15. The summed E-state index contributed by atoms with van der Waals surface area (Å²) in [5.74, 6) is 0.379. The maximum atomic E-state index is 11.3. The Labute approximate surface area is 147 Å². The van der Waals surface area contributed by atoms with E-state index >= 15 is 0 Å². The van der Waals surface area contributed by atoms with E-state index in [1.807, 2.05) is 31.2 Å². The molecule has 0 fully saturated rings. The van der Waals surface area contributed by atoms with Gasteiger partial charge in [-0.15, -0.1) is 0 Å². The van der Waals surface area contributed by atoms with Crippen LogP contribution >= 0.6 is 11.6 Å². The summed E-state index contributed by atoms with van der Waals surface area (Å²) in [4.78, 5) is 11.3. The summed E-state index contributed by atoms with van der Waals surface area (Å²) in [6.45, 7) is 2.50. The van der Waals surface area contributed by atoms with Crippen LogP contribution in [0.4, 0.5) is 0 Å². The van der Waals surface area contributed by atoms with E-state index in [1.165, 1.54) is 0 Å². The average Bonchev–Trinajstić information content (AvgIpc) is 2.57. The first-order valence-electron chi connectivity index (χ1n) is 7.89. The molecule has 1 atom stereocenters. The van der Waals surface area contributed by atoms with Crippen molar-refractivity contribution < 1.29 is 19.4 Å². The fourth-order valence-electron chi connectivity index (χ4n) is 2.17. The van der Waals surface area contributed by atoms with Crippen molar-refractivity contribution in [3.63, 3.8) is 0 Å². The summed E-state index contributed by atoms with van der Waals surface area (Å²) >= 11 is 5.81. The molecule has 0 unspecified atom stereocenters. The molecule has 0 saturated heterocycles. The van der Waals surface area contributed by atoms with Crippen molar-refractivity contribution in [2.24, 2.45) is 0 Å². The Balaban J connectivity index is 1.72. The predicted octanol–water partition coefficient (Wildman–Crippen LogP) is 4.73. The van der Waals surface area contributed by atoms with Gasteiger partial charge in [0.15, 0.2) is 6.10 Å². The van der Waals surface area contributed by atoms with Gasteiger partial charge in [-0.25, -0.2) is 4.79 Å². The van der Waals surface area contributed by atoms with Crippen LogP contribution in [0.2, 0.25) is 5.02 Å². The van der Waals surface area contributed by atoms with Crippen molar-refractivity contribution in [1.29, 1.82) is 0 Å². The molecule has 0 amide bonds. The number of hydrogen-bond acceptors (Lipinski definition) is 3. The van der Waals surface area contributed by atoms with Crippen LogP contribution < -0.4 is 9.47 Å². The highest BCUT2D eigenvalue weighted by Crippen LogP contribution is 2.18. The summed E-state index contributed by atoms with van der Waals surface area (Å²) in [5.41, 5.74) is 1.11. The fraction of sp³-hybridized carbons (Fsp3) is 0.316. The van der Waals surface area contributed by atoms with Crippen molar-refractivity contribution in [3.8, 4) is 11.5 Å². The molecule has 4 nitrogen and oxygen atoms in total. The molecule has 2 aromatic carbocycles. The van der Waals surface area contributed by atoms with Crippen LogP contribution in [-0.4, -0.2) is 23.8 Å². The Morgan fingerprint density at radius 2 is 1.67 bits per heavy atom. The molecule has 0 spiro atoms. The minimum atomic E-state index is -0.950. The molecule has 0 bridgehead atoms. The van der Waals surface area contributed by atoms with Gasteiger partial charge in [-0.3, -0.25) is 0 Å². The van der Waals surface area contributed by atoms with Gasteiger partial charge in [-0.2, -0.15) is 0 Å². The quantitative estimate of drug-likeness (QED) is 0.665. The van der Waals surface area contributed by atoms with Crippen LogP contribution in [-0.2, 0) is 4.79 Å². The summed E-state index contributed by atoms with van der Waals surface area (Å²) < 4.78 is 11.1. The Bertz CT molecular complexity index is 637. The van der Waals surface area contributed by atoms with E-state index in [9.17, 15) is 9.90 Å². The third-order valence-corrected chi connectivity index (χ3v) is 3.77. The van der Waals surface area contributed by atoms with E-state index in [0.717, 1.165) is 17.7 Å². The number of carboxylic acid groups (broad SMARTS) is 1. The van der Waals surface area contributed by atoms with Crippen LogP contribution in [0.15, 0.2) is 48.5 Å². The number of benzene rings is 2. The Morgan fingerprint density at radius 3 is 2.29 bits per heavy atom. The van der Waals surface area contributed by atoms with Gasteiger partial charge in [-0.1, -0.05) is 29.3 Å². The Morgan fingerprint density at radius 1 is 1.04 bits per heavy atom. The van der Waals surface area contributed by atoms with Crippen molar-refractivity contribution in [1.82, 2.24) is 0 Å². The number of carbonyl (C=O) groups is 1. The first-order chi connectivity index (χ1) is 11.5. The van der Waals surface area contributed by atoms with Gasteiger partial charge < -0.3 is 14.6 Å². The van der Waals surface area contributed by atoms with Gasteiger partial charge >= 0.3 is 5.97 Å². The zero-order valence-electron chi connectivity index (χ0n) is 13.6. The van der Waals surface area contributed by atoms with Gasteiger partial charge in [0.2, 0.25) is 0 Å². The molecular weight excluding hydrogens is 328 g/mol. The Hall–Kier alpha value is -2.20. The number of aryl methyl sites for hydroxylation is 1. The van der Waals surface area contributed by atoms with E-state index < -0.39 is 12.1 Å². The largest absolute Gasteiger partial charge is 0.494 e. The number of aliphatic carboxylic acids is 1. The number of ether oxygens (including phenoxy) is 2. The summed E-state index contributed by atoms with van der Waals surface area (Å²) in [7, 11) is 0. The maximum Gasteiger partial charge on any atom is 0.344 e. The van der Waals surface area contributed by atoms with Crippen LogP contribution in [0.1, 0.15) is 24.8 Å². The maximum absolute atomic E-state index is 11.3. The first kappa shape index (κ1) is 18.1. The summed E-state index contributed by atoms with van der Waals surface area (Å²) in [5, 5.41) is 9.95. The molecule has 0 saturated carbocycles. The molecule has 5 heteroatoms. The Kier molecular flexibility index (Phi) is 6.94. The van der Waals surface area contributed by atoms with E-state index in [1.54, 1.807) is 24.3 Å². The smallest absolute Gasteiger partial charge is 0.344 e. The molecule has 2 aromatic rings. The van der Waals surface area contributed by atoms with E-state index in [-0.39, 0.29) is 0 Å². The number of unbranched alkanes of at least 4 members (excludes halogenated alkanes) is 1. The lowest BCUT2D eigenvalue weighted by atomic mass is 10.1. The SMILES string of the molecule is Cc1ccc(O[C@@H](CCCCOc2ccc(Cl)cc2)C(=O)O)cc1. The molecule has 0 radical (unpaired) electrons. The molecule has 1 N–H and O–H groups in total. The molecule has 24 heavy (non-hydrogen) atoms. The molecule has 0 aliphatic carbocycles. The van der Waals surface area contributed by atoms with Gasteiger partial charge in [0.1, 0.15) is 11.5 Å². The van der Waals surface area contributed by atoms with Crippen LogP contribution in [0.25, 0.3) is 0 Å². The normalized spacial score (nSPS) is 11.8. The monoisotopic (exact) mass is 348 g/mol. The molecular formula is C19H21ClO4. The summed E-state index contributed by atoms with van der Waals surface area (Å²) in [6, 6.07) is 14.5. The third kappa shape index (κ3) is 6.13. The zero-order valence-corrected chi connectivity index (χ0v) is 14.3. The first-order valence-corrected chi connectivity index (χ1v) is 8.27. The molecule has 0 heterocycles. The van der Waals surface area contributed by atoms with E-state index in [2.05, 4.69) is 0 Å². The van der Waals surface area contributed by atoms with Gasteiger partial charge in [0, 0.05) is 5.02 Å². The van der Waals surface area contributed by atoms with Crippen molar-refractivity contribution in [2.75, 3.05) is 6.61 Å². The second kappa shape index (κ2) is 9.18. The number of halogens is 1. The zero-order chi connectivity index (χ0) is 17.4. The van der Waals surface area contributed by atoms with Gasteiger partial charge in [-0.05, 0) is 62.6 Å². The second-order valence-electron chi connectivity index (χ2n) is 5.56. The minimum Gasteiger partial charge on any atom is -0.494 e. The highest BCUT2D eigenvalue weighted by molar-refractivity contribution is 6.30. The third-order valence-electron chi connectivity index (χ3n) is 3.52. The average molecular weight is 349 g/mol. The van der Waals surface area contributed by atoms with Crippen molar-refractivity contribution in [3.05, 3.63) is 59.1 Å². The topological polar surface area (TPSA) is 55.8 Å². The van der Waals surface area contributed by atoms with Crippen LogP contribution in [0, 0.1) is 6.92 Å². The number of carboxylic acids is 1. The second-order valence-corrected chi connectivity index (χ2v) is 5.99. The molecule has 0 aromatic heterocycles. The van der Waals surface area contributed by atoms with Crippen molar-refractivity contribution in [2.45, 2.75) is 32.3 Å². The molecule has 2 rings (SSSR count). The standard InChI is InChI=1S/C19H21ClO4/c1-14-5-9-17(10-6-14)24-18(19(21)22)4-2-3-13-23-16-11-7-15(20)8-12-16/h5-12,18H,2-4,13H2,1H3,(H,21,22)/t18-/m0/s1. The van der Waals surface area contributed by atoms with Crippen molar-refractivity contribution >= 4 is 17.6 Å². The predicted molar refractivity (Wildman–Crippen MR) is 94.0 cm³/mol. The minimum absolute atomic E-state index is 0.438.